The Bertz CT molecular complexity index is 501. The van der Waals surface area contributed by atoms with Gasteiger partial charge in [0, 0.05) is 6.07 Å². The zero-order chi connectivity index (χ0) is 14.6. The Balaban J connectivity index is 3.00. The second-order valence-corrected chi connectivity index (χ2v) is 4.18. The third-order valence-corrected chi connectivity index (χ3v) is 2.64. The van der Waals surface area contributed by atoms with E-state index in [4.69, 9.17) is 9.84 Å². The molecule has 0 saturated carbocycles. The van der Waals surface area contributed by atoms with Crippen molar-refractivity contribution in [1.82, 2.24) is 5.32 Å². The number of nitrogens with zero attached hydrogens (tertiary/aromatic N) is 1. The van der Waals surface area contributed by atoms with Crippen LogP contribution in [0.2, 0.25) is 0 Å². The van der Waals surface area contributed by atoms with E-state index in [0.29, 0.717) is 5.56 Å². The Morgan fingerprint density at radius 2 is 2.16 bits per heavy atom. The number of aliphatic carboxylic acids is 1. The number of carboxylic acid groups (broad SMARTS) is 1. The van der Waals surface area contributed by atoms with Gasteiger partial charge in [-0.2, -0.15) is 0 Å². The van der Waals surface area contributed by atoms with Crippen LogP contribution in [0.3, 0.4) is 0 Å². The molecule has 7 nitrogen and oxygen atoms in total. The van der Waals surface area contributed by atoms with E-state index in [0.717, 1.165) is 5.56 Å². The minimum Gasteiger partial charge on any atom is -0.484 e. The fourth-order valence-corrected chi connectivity index (χ4v) is 1.70. The van der Waals surface area contributed by atoms with Crippen molar-refractivity contribution in [2.75, 3.05) is 13.7 Å². The molecule has 0 saturated heterocycles. The zero-order valence-electron chi connectivity index (χ0n) is 11.0. The molecule has 19 heavy (non-hydrogen) atoms. The summed E-state index contributed by atoms with van der Waals surface area (Å²) < 4.78 is 5.31. The zero-order valence-corrected chi connectivity index (χ0v) is 11.0. The molecule has 0 spiro atoms. The summed E-state index contributed by atoms with van der Waals surface area (Å²) in [5.41, 5.74) is 1.20. The number of nitrogens with one attached hydrogen (secondary N) is 1. The molecule has 104 valence electrons. The number of hydrogen-bond donors (Lipinski definition) is 2. The molecule has 0 amide bonds. The van der Waals surface area contributed by atoms with Crippen LogP contribution < -0.4 is 10.1 Å². The summed E-state index contributed by atoms with van der Waals surface area (Å²) in [6.07, 6.45) is 0. The van der Waals surface area contributed by atoms with Gasteiger partial charge in [-0.3, -0.25) is 14.9 Å². The standard InChI is InChI=1S/C12H16N2O5/c1-7-4-8(2)11(10(5-7)14(17)18)19-6-9(13-3)12(15)16/h4-5,9,13H,6H2,1-3H3,(H,15,16). The molecule has 0 aromatic heterocycles. The van der Waals surface area contributed by atoms with Crippen LogP contribution in [0.15, 0.2) is 12.1 Å². The lowest BCUT2D eigenvalue weighted by Crippen LogP contribution is -2.39. The van der Waals surface area contributed by atoms with Crippen LogP contribution in [0, 0.1) is 24.0 Å². The highest BCUT2D eigenvalue weighted by molar-refractivity contribution is 5.73. The average Bonchev–Trinajstić information content (AvgIpc) is 2.30. The summed E-state index contributed by atoms with van der Waals surface area (Å²) in [6, 6.07) is 2.23. The first-order valence-corrected chi connectivity index (χ1v) is 5.65. The van der Waals surface area contributed by atoms with Gasteiger partial charge in [-0.25, -0.2) is 0 Å². The monoisotopic (exact) mass is 268 g/mol. The Morgan fingerprint density at radius 3 is 2.63 bits per heavy atom. The van der Waals surface area contributed by atoms with Crippen molar-refractivity contribution in [3.05, 3.63) is 33.4 Å². The summed E-state index contributed by atoms with van der Waals surface area (Å²) >= 11 is 0. The Labute approximate surface area is 110 Å². The molecular formula is C12H16N2O5. The van der Waals surface area contributed by atoms with Gasteiger partial charge in [0.05, 0.1) is 4.92 Å². The maximum Gasteiger partial charge on any atom is 0.324 e. The van der Waals surface area contributed by atoms with Crippen molar-refractivity contribution >= 4 is 11.7 Å². The number of aryl methyl sites for hydroxylation is 2. The lowest BCUT2D eigenvalue weighted by atomic mass is 10.1. The fourth-order valence-electron chi connectivity index (χ4n) is 1.70. The Kier molecular flexibility index (Phi) is 4.82. The van der Waals surface area contributed by atoms with Crippen LogP contribution in [0.1, 0.15) is 11.1 Å². The van der Waals surface area contributed by atoms with Gasteiger partial charge in [-0.15, -0.1) is 0 Å². The molecule has 1 aromatic carbocycles. The second-order valence-electron chi connectivity index (χ2n) is 4.18. The maximum absolute atomic E-state index is 11.0. The molecule has 7 heteroatoms. The van der Waals surface area contributed by atoms with Crippen LogP contribution in [0.4, 0.5) is 5.69 Å². The second kappa shape index (κ2) is 6.14. The van der Waals surface area contributed by atoms with Crippen molar-refractivity contribution < 1.29 is 19.6 Å². The molecule has 1 aromatic rings. The van der Waals surface area contributed by atoms with E-state index in [1.54, 1.807) is 19.9 Å². The van der Waals surface area contributed by atoms with Crippen molar-refractivity contribution in [3.8, 4) is 5.75 Å². The maximum atomic E-state index is 11.0. The quantitative estimate of drug-likeness (QED) is 0.595. The summed E-state index contributed by atoms with van der Waals surface area (Å²) in [5.74, 6) is -0.966. The number of hydrogen-bond acceptors (Lipinski definition) is 5. The predicted octanol–water partition coefficient (Wildman–Crippen LogP) is 1.26. The molecule has 0 aliphatic carbocycles. The lowest BCUT2D eigenvalue weighted by molar-refractivity contribution is -0.386. The van der Waals surface area contributed by atoms with E-state index in [2.05, 4.69) is 5.32 Å². The number of ether oxygens (including phenoxy) is 1. The predicted molar refractivity (Wildman–Crippen MR) is 68.5 cm³/mol. The first kappa shape index (κ1) is 14.9. The highest BCUT2D eigenvalue weighted by Gasteiger charge is 2.22. The number of benzene rings is 1. The highest BCUT2D eigenvalue weighted by atomic mass is 16.6. The van der Waals surface area contributed by atoms with Gasteiger partial charge in [0.25, 0.3) is 0 Å². The highest BCUT2D eigenvalue weighted by Crippen LogP contribution is 2.32. The number of likely N-dealkylation sites (N-methyl/N-ethyl adjacent to an activating group) is 1. The van der Waals surface area contributed by atoms with Gasteiger partial charge in [0.2, 0.25) is 0 Å². The molecular weight excluding hydrogens is 252 g/mol. The van der Waals surface area contributed by atoms with E-state index in [-0.39, 0.29) is 18.0 Å². The number of carbonyl (C=O) groups is 1. The van der Waals surface area contributed by atoms with Gasteiger partial charge >= 0.3 is 11.7 Å². The molecule has 1 unspecified atom stereocenters. The third kappa shape index (κ3) is 3.65. The van der Waals surface area contributed by atoms with Crippen LogP contribution in [0.25, 0.3) is 0 Å². The van der Waals surface area contributed by atoms with Crippen molar-refractivity contribution in [3.63, 3.8) is 0 Å². The van der Waals surface area contributed by atoms with Crippen molar-refractivity contribution in [1.29, 1.82) is 0 Å². The van der Waals surface area contributed by atoms with Gasteiger partial charge in [0.15, 0.2) is 5.75 Å². The van der Waals surface area contributed by atoms with E-state index in [1.165, 1.54) is 13.1 Å². The number of nitro benzene ring substituents is 1. The van der Waals surface area contributed by atoms with Gasteiger partial charge in [-0.1, -0.05) is 6.07 Å². The molecule has 0 heterocycles. The summed E-state index contributed by atoms with van der Waals surface area (Å²) in [5, 5.41) is 22.4. The topological polar surface area (TPSA) is 102 Å². The molecule has 0 bridgehead atoms. The van der Waals surface area contributed by atoms with Gasteiger partial charge in [0.1, 0.15) is 12.6 Å². The van der Waals surface area contributed by atoms with Crippen molar-refractivity contribution in [2.24, 2.45) is 0 Å². The minimum atomic E-state index is -1.07. The van der Waals surface area contributed by atoms with Crippen LogP contribution in [-0.2, 0) is 4.79 Å². The molecule has 0 fully saturated rings. The summed E-state index contributed by atoms with van der Waals surface area (Å²) in [6.45, 7) is 3.25. The number of carboxylic acids is 1. The van der Waals surface area contributed by atoms with E-state index < -0.39 is 16.9 Å². The molecule has 1 rings (SSSR count). The van der Waals surface area contributed by atoms with Gasteiger partial charge < -0.3 is 15.2 Å². The van der Waals surface area contributed by atoms with E-state index >= 15 is 0 Å². The molecule has 2 N–H and O–H groups in total. The van der Waals surface area contributed by atoms with Gasteiger partial charge in [-0.05, 0) is 32.0 Å². The molecule has 0 aliphatic rings. The van der Waals surface area contributed by atoms with Crippen LogP contribution in [-0.4, -0.2) is 35.7 Å². The largest absolute Gasteiger partial charge is 0.484 e. The molecule has 0 radical (unpaired) electrons. The SMILES string of the molecule is CNC(COc1c(C)cc(C)cc1[N+](=O)[O-])C(=O)O. The normalized spacial score (nSPS) is 11.9. The number of nitro groups is 1. The van der Waals surface area contributed by atoms with Crippen molar-refractivity contribution in [2.45, 2.75) is 19.9 Å². The first-order valence-electron chi connectivity index (χ1n) is 5.65. The van der Waals surface area contributed by atoms with E-state index in [1.807, 2.05) is 0 Å². The Hall–Kier alpha value is -2.15. The van der Waals surface area contributed by atoms with E-state index in [9.17, 15) is 14.9 Å². The molecule has 1 atom stereocenters. The smallest absolute Gasteiger partial charge is 0.324 e. The van der Waals surface area contributed by atoms with Crippen LogP contribution >= 0.6 is 0 Å². The average molecular weight is 268 g/mol. The lowest BCUT2D eigenvalue weighted by Gasteiger charge is -2.14. The molecule has 0 aliphatic heterocycles. The number of rotatable bonds is 6. The third-order valence-electron chi connectivity index (χ3n) is 2.64. The fraction of sp³-hybridized carbons (Fsp3) is 0.417. The first-order chi connectivity index (χ1) is 8.86. The minimum absolute atomic E-state index is 0.108. The summed E-state index contributed by atoms with van der Waals surface area (Å²) in [7, 11) is 1.48. The van der Waals surface area contributed by atoms with Crippen LogP contribution in [0.5, 0.6) is 5.75 Å². The summed E-state index contributed by atoms with van der Waals surface area (Å²) in [4.78, 5) is 21.3. The Morgan fingerprint density at radius 1 is 1.53 bits per heavy atom.